The molecule has 1 atom stereocenters. The van der Waals surface area contributed by atoms with Gasteiger partial charge in [0.05, 0.1) is 6.61 Å². The third-order valence-corrected chi connectivity index (χ3v) is 8.82. The maximum Gasteiger partial charge on any atom is 0.469 e. The molecule has 0 aromatic heterocycles. The first kappa shape index (κ1) is 48.0. The third-order valence-electron chi connectivity index (χ3n) is 8.33. The normalized spacial score (nSPS) is 13.0. The standard InChI is InChI=1S/C41H73O8P/c1-3-5-7-9-11-13-15-17-18-19-20-21-22-24-25-27-29-31-33-35-40(42)47-37-39(38-48-50(44,45)46)49-41(43)36-34-32-30-28-26-23-16-14-12-10-8-6-4-2/h6,8,12,14,17-18,23,26,39H,3-5,7,9-11,13,15-16,19-22,24-25,27-38H2,1-2H3,(H2,44,45,46)/b8-6-,14-12-,18-17-,26-23-. The average molecular weight is 725 g/mol. The molecule has 0 heterocycles. The van der Waals surface area contributed by atoms with Crippen LogP contribution >= 0.6 is 7.82 Å². The van der Waals surface area contributed by atoms with Crippen molar-refractivity contribution in [3.8, 4) is 0 Å². The number of carbonyl (C=O) groups is 2. The molecule has 0 aliphatic rings. The number of carbonyl (C=O) groups excluding carboxylic acids is 2. The molecular formula is C41H73O8P. The van der Waals surface area contributed by atoms with Gasteiger partial charge in [-0.05, 0) is 70.6 Å². The molecule has 1 unspecified atom stereocenters. The molecule has 0 rings (SSSR count). The molecule has 8 nitrogen and oxygen atoms in total. The minimum Gasteiger partial charge on any atom is -0.462 e. The molecule has 0 spiro atoms. The number of unbranched alkanes of at least 4 members (excludes halogenated alkanes) is 18. The number of phosphoric ester groups is 1. The van der Waals surface area contributed by atoms with E-state index in [-0.39, 0.29) is 19.4 Å². The van der Waals surface area contributed by atoms with Gasteiger partial charge in [0.25, 0.3) is 0 Å². The summed E-state index contributed by atoms with van der Waals surface area (Å²) >= 11 is 0. The van der Waals surface area contributed by atoms with E-state index in [0.717, 1.165) is 64.2 Å². The van der Waals surface area contributed by atoms with Gasteiger partial charge in [-0.25, -0.2) is 4.57 Å². The van der Waals surface area contributed by atoms with Gasteiger partial charge in [-0.15, -0.1) is 0 Å². The van der Waals surface area contributed by atoms with Crippen LogP contribution < -0.4 is 0 Å². The van der Waals surface area contributed by atoms with E-state index in [1.54, 1.807) is 0 Å². The van der Waals surface area contributed by atoms with Gasteiger partial charge in [0.15, 0.2) is 6.10 Å². The van der Waals surface area contributed by atoms with Gasteiger partial charge in [0.2, 0.25) is 0 Å². The monoisotopic (exact) mass is 725 g/mol. The summed E-state index contributed by atoms with van der Waals surface area (Å²) in [5.41, 5.74) is 0. The second-order valence-electron chi connectivity index (χ2n) is 13.2. The van der Waals surface area contributed by atoms with E-state index in [4.69, 9.17) is 19.3 Å². The van der Waals surface area contributed by atoms with E-state index in [1.807, 2.05) is 0 Å². The van der Waals surface area contributed by atoms with Gasteiger partial charge >= 0.3 is 19.8 Å². The molecule has 0 saturated carbocycles. The Balaban J connectivity index is 3.94. The number of phosphoric acid groups is 1. The molecule has 0 radical (unpaired) electrons. The van der Waals surface area contributed by atoms with E-state index < -0.39 is 32.5 Å². The molecule has 0 amide bonds. The van der Waals surface area contributed by atoms with Crippen LogP contribution in [-0.2, 0) is 28.2 Å². The minimum absolute atomic E-state index is 0.175. The van der Waals surface area contributed by atoms with Gasteiger partial charge in [0, 0.05) is 12.8 Å². The molecule has 9 heteroatoms. The van der Waals surface area contributed by atoms with Crippen LogP contribution in [0.25, 0.3) is 0 Å². The van der Waals surface area contributed by atoms with E-state index in [2.05, 4.69) is 67.0 Å². The number of rotatable bonds is 36. The molecule has 290 valence electrons. The Bertz CT molecular complexity index is 952. The lowest BCUT2D eigenvalue weighted by Crippen LogP contribution is -2.29. The first-order valence-electron chi connectivity index (χ1n) is 19.9. The summed E-state index contributed by atoms with van der Waals surface area (Å²) in [7, 11) is -4.76. The Morgan fingerprint density at radius 3 is 1.48 bits per heavy atom. The van der Waals surface area contributed by atoms with Gasteiger partial charge < -0.3 is 19.3 Å². The Morgan fingerprint density at radius 2 is 0.960 bits per heavy atom. The highest BCUT2D eigenvalue weighted by Crippen LogP contribution is 2.36. The van der Waals surface area contributed by atoms with Crippen LogP contribution in [0.1, 0.15) is 181 Å². The number of ether oxygens (including phenoxy) is 2. The smallest absolute Gasteiger partial charge is 0.462 e. The van der Waals surface area contributed by atoms with Crippen molar-refractivity contribution >= 4 is 19.8 Å². The molecule has 0 bridgehead atoms. The van der Waals surface area contributed by atoms with Gasteiger partial charge in [-0.3, -0.25) is 14.1 Å². The van der Waals surface area contributed by atoms with Crippen molar-refractivity contribution in [1.29, 1.82) is 0 Å². The van der Waals surface area contributed by atoms with Crippen LogP contribution in [-0.4, -0.2) is 41.0 Å². The topological polar surface area (TPSA) is 119 Å². The molecule has 50 heavy (non-hydrogen) atoms. The van der Waals surface area contributed by atoms with E-state index >= 15 is 0 Å². The van der Waals surface area contributed by atoms with Gasteiger partial charge in [0.1, 0.15) is 6.61 Å². The average Bonchev–Trinajstić information content (AvgIpc) is 3.08. The quantitative estimate of drug-likeness (QED) is 0.0284. The zero-order chi connectivity index (χ0) is 36.8. The van der Waals surface area contributed by atoms with Crippen LogP contribution in [0.3, 0.4) is 0 Å². The van der Waals surface area contributed by atoms with Crippen LogP contribution in [0, 0.1) is 0 Å². The fraction of sp³-hybridized carbons (Fsp3) is 0.756. The minimum atomic E-state index is -4.76. The summed E-state index contributed by atoms with van der Waals surface area (Å²) in [6.45, 7) is 3.53. The lowest BCUT2D eigenvalue weighted by atomic mass is 10.1. The summed E-state index contributed by atoms with van der Waals surface area (Å²) < 4.78 is 26.3. The van der Waals surface area contributed by atoms with Crippen molar-refractivity contribution in [3.63, 3.8) is 0 Å². The Hall–Kier alpha value is -1.99. The summed E-state index contributed by atoms with van der Waals surface area (Å²) in [4.78, 5) is 42.7. The van der Waals surface area contributed by atoms with Crippen molar-refractivity contribution in [1.82, 2.24) is 0 Å². The number of hydrogen-bond donors (Lipinski definition) is 2. The molecule has 2 N–H and O–H groups in total. The molecule has 0 saturated heterocycles. The van der Waals surface area contributed by atoms with E-state index in [1.165, 1.54) is 83.5 Å². The predicted octanol–water partition coefficient (Wildman–Crippen LogP) is 12.0. The molecule has 0 fully saturated rings. The number of hydrogen-bond acceptors (Lipinski definition) is 6. The Morgan fingerprint density at radius 1 is 0.540 bits per heavy atom. The van der Waals surface area contributed by atoms with E-state index in [9.17, 15) is 14.2 Å². The lowest BCUT2D eigenvalue weighted by molar-refractivity contribution is -0.161. The molecular weight excluding hydrogens is 651 g/mol. The second-order valence-corrected chi connectivity index (χ2v) is 14.5. The zero-order valence-electron chi connectivity index (χ0n) is 31.8. The van der Waals surface area contributed by atoms with Crippen LogP contribution in [0.15, 0.2) is 48.6 Å². The highest BCUT2D eigenvalue weighted by atomic mass is 31.2. The zero-order valence-corrected chi connectivity index (χ0v) is 32.7. The fourth-order valence-electron chi connectivity index (χ4n) is 5.38. The number of allylic oxidation sites excluding steroid dienone is 8. The van der Waals surface area contributed by atoms with Crippen molar-refractivity contribution < 1.29 is 37.9 Å². The first-order chi connectivity index (χ1) is 24.3. The summed E-state index contributed by atoms with van der Waals surface area (Å²) in [6.07, 6.45) is 44.1. The largest absolute Gasteiger partial charge is 0.469 e. The Labute approximate surface area is 305 Å². The first-order valence-corrected chi connectivity index (χ1v) is 21.5. The lowest BCUT2D eigenvalue weighted by Gasteiger charge is -2.18. The second kappa shape index (κ2) is 36.8. The predicted molar refractivity (Wildman–Crippen MR) is 207 cm³/mol. The van der Waals surface area contributed by atoms with Crippen molar-refractivity contribution in [3.05, 3.63) is 48.6 Å². The van der Waals surface area contributed by atoms with Crippen LogP contribution in [0.2, 0.25) is 0 Å². The van der Waals surface area contributed by atoms with Crippen molar-refractivity contribution in [2.24, 2.45) is 0 Å². The maximum atomic E-state index is 12.3. The molecule has 0 aliphatic carbocycles. The van der Waals surface area contributed by atoms with Crippen LogP contribution in [0.4, 0.5) is 0 Å². The maximum absolute atomic E-state index is 12.3. The summed E-state index contributed by atoms with van der Waals surface area (Å²) in [6, 6.07) is 0. The van der Waals surface area contributed by atoms with Gasteiger partial charge in [-0.1, -0.05) is 146 Å². The summed E-state index contributed by atoms with van der Waals surface area (Å²) in [5.74, 6) is -0.922. The van der Waals surface area contributed by atoms with Crippen LogP contribution in [0.5, 0.6) is 0 Å². The van der Waals surface area contributed by atoms with E-state index in [0.29, 0.717) is 6.42 Å². The Kier molecular flexibility index (Phi) is 35.3. The SMILES string of the molecule is CC/C=C\C/C=C\C/C=C\CCCCCC(=O)OC(COC(=O)CCCCCCCCCCC/C=C\CCCCCCCC)COP(=O)(O)O. The van der Waals surface area contributed by atoms with Crippen molar-refractivity contribution in [2.75, 3.05) is 13.2 Å². The summed E-state index contributed by atoms with van der Waals surface area (Å²) in [5, 5.41) is 0. The third kappa shape index (κ3) is 38.8. The van der Waals surface area contributed by atoms with Crippen molar-refractivity contribution in [2.45, 2.75) is 187 Å². The molecule has 0 aliphatic heterocycles. The fourth-order valence-corrected chi connectivity index (χ4v) is 5.74. The van der Waals surface area contributed by atoms with Gasteiger partial charge in [-0.2, -0.15) is 0 Å². The highest BCUT2D eigenvalue weighted by Gasteiger charge is 2.22. The number of esters is 2. The highest BCUT2D eigenvalue weighted by molar-refractivity contribution is 7.46. The molecule has 0 aromatic rings. The molecule has 0 aromatic carbocycles.